The topological polar surface area (TPSA) is 41.6 Å². The molecule has 0 atom stereocenters. The molecule has 3 nitrogen and oxygen atoms in total. The normalized spacial score (nSPS) is 15.1. The SMILES string of the molecule is NN1CC=CN=C1c1ccc2ccccc2c1. The van der Waals surface area contributed by atoms with E-state index >= 15 is 0 Å². The lowest BCUT2D eigenvalue weighted by molar-refractivity contribution is 0.484. The molecule has 1 aliphatic rings. The van der Waals surface area contributed by atoms with Crippen LogP contribution in [0.4, 0.5) is 0 Å². The predicted molar refractivity (Wildman–Crippen MR) is 70.5 cm³/mol. The van der Waals surface area contributed by atoms with E-state index < -0.39 is 0 Å². The lowest BCUT2D eigenvalue weighted by Crippen LogP contribution is -2.39. The Morgan fingerprint density at radius 1 is 1.06 bits per heavy atom. The number of hydrogen-bond acceptors (Lipinski definition) is 3. The molecule has 0 unspecified atom stereocenters. The molecule has 0 spiro atoms. The van der Waals surface area contributed by atoms with Crippen LogP contribution in [0.15, 0.2) is 59.7 Å². The summed E-state index contributed by atoms with van der Waals surface area (Å²) in [6.07, 6.45) is 3.73. The van der Waals surface area contributed by atoms with Crippen LogP contribution in [-0.2, 0) is 0 Å². The Morgan fingerprint density at radius 2 is 1.88 bits per heavy atom. The number of hydrogen-bond donors (Lipinski definition) is 1. The highest BCUT2D eigenvalue weighted by atomic mass is 15.4. The lowest BCUT2D eigenvalue weighted by atomic mass is 10.1. The van der Waals surface area contributed by atoms with Gasteiger partial charge in [0.25, 0.3) is 0 Å². The summed E-state index contributed by atoms with van der Waals surface area (Å²) in [6.45, 7) is 0.700. The number of hydrazine groups is 1. The first kappa shape index (κ1) is 10.1. The van der Waals surface area contributed by atoms with E-state index in [1.807, 2.05) is 18.2 Å². The molecule has 0 saturated carbocycles. The van der Waals surface area contributed by atoms with E-state index in [1.54, 1.807) is 11.2 Å². The second-order valence-corrected chi connectivity index (χ2v) is 4.05. The van der Waals surface area contributed by atoms with Crippen LogP contribution < -0.4 is 5.84 Å². The van der Waals surface area contributed by atoms with Gasteiger partial charge in [0.05, 0.1) is 6.54 Å². The first-order valence-electron chi connectivity index (χ1n) is 5.59. The maximum Gasteiger partial charge on any atom is 0.150 e. The van der Waals surface area contributed by atoms with Gasteiger partial charge in [-0.3, -0.25) is 5.01 Å². The fourth-order valence-corrected chi connectivity index (χ4v) is 2.01. The van der Waals surface area contributed by atoms with Crippen LogP contribution in [0.25, 0.3) is 10.8 Å². The van der Waals surface area contributed by atoms with Crippen molar-refractivity contribution in [2.24, 2.45) is 10.8 Å². The van der Waals surface area contributed by atoms with Gasteiger partial charge in [0.2, 0.25) is 0 Å². The summed E-state index contributed by atoms with van der Waals surface area (Å²) < 4.78 is 0. The quantitative estimate of drug-likeness (QED) is 0.754. The molecule has 17 heavy (non-hydrogen) atoms. The minimum Gasteiger partial charge on any atom is -0.290 e. The smallest absolute Gasteiger partial charge is 0.150 e. The second-order valence-electron chi connectivity index (χ2n) is 4.05. The van der Waals surface area contributed by atoms with Gasteiger partial charge in [-0.1, -0.05) is 36.4 Å². The molecule has 0 radical (unpaired) electrons. The summed E-state index contributed by atoms with van der Waals surface area (Å²) in [5, 5.41) is 4.09. The van der Waals surface area contributed by atoms with Gasteiger partial charge in [0, 0.05) is 11.8 Å². The molecule has 3 rings (SSSR count). The average Bonchev–Trinajstić information content (AvgIpc) is 2.39. The zero-order valence-corrected chi connectivity index (χ0v) is 9.38. The molecular formula is C14H13N3. The summed E-state index contributed by atoms with van der Waals surface area (Å²) in [5.41, 5.74) is 1.05. The molecule has 2 aromatic rings. The molecule has 2 N–H and O–H groups in total. The van der Waals surface area contributed by atoms with Gasteiger partial charge in [-0.15, -0.1) is 0 Å². The number of nitrogens with two attached hydrogens (primary N) is 1. The number of amidine groups is 1. The summed E-state index contributed by atoms with van der Waals surface area (Å²) in [7, 11) is 0. The van der Waals surface area contributed by atoms with Crippen LogP contribution in [0.3, 0.4) is 0 Å². The van der Waals surface area contributed by atoms with Crippen molar-refractivity contribution in [1.82, 2.24) is 5.01 Å². The van der Waals surface area contributed by atoms with Crippen LogP contribution in [0.5, 0.6) is 0 Å². The summed E-state index contributed by atoms with van der Waals surface area (Å²) in [5.74, 6) is 6.72. The fraction of sp³-hybridized carbons (Fsp3) is 0.0714. The molecule has 0 amide bonds. The summed E-state index contributed by atoms with van der Waals surface area (Å²) in [6, 6.07) is 14.5. The number of rotatable bonds is 1. The van der Waals surface area contributed by atoms with E-state index in [4.69, 9.17) is 5.84 Å². The first-order chi connectivity index (χ1) is 8.34. The van der Waals surface area contributed by atoms with E-state index in [-0.39, 0.29) is 0 Å². The molecule has 2 aromatic carbocycles. The molecule has 1 aliphatic heterocycles. The van der Waals surface area contributed by atoms with Gasteiger partial charge < -0.3 is 0 Å². The highest BCUT2D eigenvalue weighted by Crippen LogP contribution is 2.17. The molecule has 0 aliphatic carbocycles. The fourth-order valence-electron chi connectivity index (χ4n) is 2.01. The Kier molecular flexibility index (Phi) is 2.38. The number of aliphatic imine (C=N–C) groups is 1. The van der Waals surface area contributed by atoms with E-state index in [2.05, 4.69) is 35.3 Å². The molecule has 1 heterocycles. The van der Waals surface area contributed by atoms with Gasteiger partial charge in [-0.05, 0) is 22.9 Å². The Morgan fingerprint density at radius 3 is 2.71 bits per heavy atom. The van der Waals surface area contributed by atoms with Gasteiger partial charge >= 0.3 is 0 Å². The molecule has 0 bridgehead atoms. The Hall–Kier alpha value is -2.13. The van der Waals surface area contributed by atoms with Crippen molar-refractivity contribution in [3.05, 3.63) is 60.3 Å². The third-order valence-corrected chi connectivity index (χ3v) is 2.88. The van der Waals surface area contributed by atoms with Crippen molar-refractivity contribution < 1.29 is 0 Å². The van der Waals surface area contributed by atoms with Crippen LogP contribution in [0.1, 0.15) is 5.56 Å². The van der Waals surface area contributed by atoms with E-state index in [1.165, 1.54) is 10.8 Å². The van der Waals surface area contributed by atoms with Crippen molar-refractivity contribution in [3.8, 4) is 0 Å². The maximum atomic E-state index is 5.91. The van der Waals surface area contributed by atoms with Gasteiger partial charge in [0.15, 0.2) is 0 Å². The minimum absolute atomic E-state index is 0.700. The average molecular weight is 223 g/mol. The zero-order chi connectivity index (χ0) is 11.7. The van der Waals surface area contributed by atoms with Gasteiger partial charge in [-0.25, -0.2) is 10.8 Å². The molecule has 0 saturated heterocycles. The van der Waals surface area contributed by atoms with Crippen molar-refractivity contribution in [3.63, 3.8) is 0 Å². The largest absolute Gasteiger partial charge is 0.290 e. The van der Waals surface area contributed by atoms with Gasteiger partial charge in [-0.2, -0.15) is 0 Å². The van der Waals surface area contributed by atoms with Crippen molar-refractivity contribution >= 4 is 16.6 Å². The van der Waals surface area contributed by atoms with Crippen molar-refractivity contribution in [2.75, 3.05) is 6.54 Å². The second kappa shape index (κ2) is 4.03. The van der Waals surface area contributed by atoms with Crippen LogP contribution in [0, 0.1) is 0 Å². The van der Waals surface area contributed by atoms with E-state index in [0.29, 0.717) is 6.54 Å². The monoisotopic (exact) mass is 223 g/mol. The molecular weight excluding hydrogens is 210 g/mol. The number of fused-ring (bicyclic) bond motifs is 1. The van der Waals surface area contributed by atoms with Gasteiger partial charge in [0.1, 0.15) is 5.84 Å². The zero-order valence-electron chi connectivity index (χ0n) is 9.38. The third-order valence-electron chi connectivity index (χ3n) is 2.88. The Labute approximate surface area is 99.8 Å². The number of benzene rings is 2. The predicted octanol–water partition coefficient (Wildman–Crippen LogP) is 2.29. The highest BCUT2D eigenvalue weighted by molar-refractivity contribution is 6.02. The summed E-state index contributed by atoms with van der Waals surface area (Å²) >= 11 is 0. The molecule has 84 valence electrons. The van der Waals surface area contributed by atoms with Crippen LogP contribution in [0.2, 0.25) is 0 Å². The lowest BCUT2D eigenvalue weighted by Gasteiger charge is -2.21. The Bertz CT molecular complexity index is 614. The van der Waals surface area contributed by atoms with Crippen LogP contribution in [-0.4, -0.2) is 17.4 Å². The standard InChI is InChI=1S/C14H13N3/c15-17-9-3-8-16-14(17)13-7-6-11-4-1-2-5-12(11)10-13/h1-8,10H,9,15H2. The third kappa shape index (κ3) is 1.81. The van der Waals surface area contributed by atoms with E-state index in [9.17, 15) is 0 Å². The number of nitrogens with zero attached hydrogens (tertiary/aromatic N) is 2. The van der Waals surface area contributed by atoms with E-state index in [0.717, 1.165) is 11.4 Å². The van der Waals surface area contributed by atoms with Crippen LogP contribution >= 0.6 is 0 Å². The van der Waals surface area contributed by atoms with Crippen molar-refractivity contribution in [1.29, 1.82) is 0 Å². The maximum absolute atomic E-state index is 5.91. The highest BCUT2D eigenvalue weighted by Gasteiger charge is 2.11. The molecule has 0 fully saturated rings. The molecule has 3 heteroatoms. The summed E-state index contributed by atoms with van der Waals surface area (Å²) in [4.78, 5) is 4.32. The Balaban J connectivity index is 2.12. The first-order valence-corrected chi connectivity index (χ1v) is 5.59. The molecule has 0 aromatic heterocycles. The van der Waals surface area contributed by atoms with Crippen molar-refractivity contribution in [2.45, 2.75) is 0 Å². The minimum atomic E-state index is 0.700.